The first-order valence-corrected chi connectivity index (χ1v) is 6.02. The summed E-state index contributed by atoms with van der Waals surface area (Å²) in [6.45, 7) is 3.96. The zero-order chi connectivity index (χ0) is 13.1. The molecule has 0 bridgehead atoms. The maximum absolute atomic E-state index is 6.18. The van der Waals surface area contributed by atoms with Crippen LogP contribution in [0.4, 0.5) is 17.3 Å². The molecule has 0 aliphatic carbocycles. The van der Waals surface area contributed by atoms with Gasteiger partial charge in [-0.25, -0.2) is 9.97 Å². The fourth-order valence-corrected chi connectivity index (χ4v) is 2.01. The summed E-state index contributed by atoms with van der Waals surface area (Å²) in [5.74, 6) is 1.56. The number of rotatable bonds is 3. The van der Waals surface area contributed by atoms with Crippen molar-refractivity contribution in [1.82, 2.24) is 9.97 Å². The van der Waals surface area contributed by atoms with Crippen LogP contribution in [0.1, 0.15) is 11.1 Å². The second-order valence-corrected chi connectivity index (χ2v) is 4.41. The summed E-state index contributed by atoms with van der Waals surface area (Å²) in [6, 6.07) is 5.78. The molecular formula is C13H15ClN4. The van der Waals surface area contributed by atoms with E-state index in [-0.39, 0.29) is 0 Å². The van der Waals surface area contributed by atoms with Gasteiger partial charge in [-0.3, -0.25) is 0 Å². The van der Waals surface area contributed by atoms with E-state index in [4.69, 9.17) is 11.6 Å². The number of halogens is 1. The van der Waals surface area contributed by atoms with Crippen molar-refractivity contribution in [2.24, 2.45) is 0 Å². The lowest BCUT2D eigenvalue weighted by molar-refractivity contribution is 1.12. The zero-order valence-electron chi connectivity index (χ0n) is 10.6. The molecule has 4 nitrogen and oxygen atoms in total. The van der Waals surface area contributed by atoms with Crippen molar-refractivity contribution in [2.45, 2.75) is 13.8 Å². The van der Waals surface area contributed by atoms with Crippen molar-refractivity contribution in [3.63, 3.8) is 0 Å². The van der Waals surface area contributed by atoms with E-state index in [1.165, 1.54) is 6.33 Å². The minimum absolute atomic E-state index is 0.680. The Morgan fingerprint density at radius 1 is 1.11 bits per heavy atom. The highest BCUT2D eigenvalue weighted by Crippen LogP contribution is 2.30. The maximum atomic E-state index is 6.18. The van der Waals surface area contributed by atoms with Gasteiger partial charge in [0.2, 0.25) is 0 Å². The predicted octanol–water partition coefficient (Wildman–Crippen LogP) is 3.53. The molecule has 2 N–H and O–H groups in total. The number of nitrogens with one attached hydrogen (secondary N) is 2. The molecule has 1 aromatic carbocycles. The van der Waals surface area contributed by atoms with Crippen molar-refractivity contribution in [3.8, 4) is 0 Å². The van der Waals surface area contributed by atoms with Gasteiger partial charge in [-0.2, -0.15) is 0 Å². The molecule has 0 radical (unpaired) electrons. The van der Waals surface area contributed by atoms with Gasteiger partial charge in [0.1, 0.15) is 18.0 Å². The Hall–Kier alpha value is -1.81. The van der Waals surface area contributed by atoms with Crippen LogP contribution in [-0.2, 0) is 0 Å². The highest BCUT2D eigenvalue weighted by atomic mass is 35.5. The highest BCUT2D eigenvalue weighted by molar-refractivity contribution is 6.33. The van der Waals surface area contributed by atoms with Gasteiger partial charge >= 0.3 is 0 Å². The van der Waals surface area contributed by atoms with E-state index in [9.17, 15) is 0 Å². The van der Waals surface area contributed by atoms with Crippen molar-refractivity contribution in [2.75, 3.05) is 17.7 Å². The lowest BCUT2D eigenvalue weighted by Gasteiger charge is -2.13. The Labute approximate surface area is 111 Å². The number of aromatic nitrogens is 2. The lowest BCUT2D eigenvalue weighted by atomic mass is 10.2. The van der Waals surface area contributed by atoms with Gasteiger partial charge < -0.3 is 10.6 Å². The average Bonchev–Trinajstić information content (AvgIpc) is 2.36. The summed E-state index contributed by atoms with van der Waals surface area (Å²) in [5, 5.41) is 6.97. The third-order valence-corrected chi connectivity index (χ3v) is 3.10. The van der Waals surface area contributed by atoms with Gasteiger partial charge in [0.25, 0.3) is 0 Å². The molecule has 0 fully saturated rings. The standard InChI is InChI=1S/C13H15ClN4/c1-8-5-4-6-10(14)11(8)18-13-9(2)12(15-3)16-7-17-13/h4-7H,1-3H3,(H2,15,16,17,18). The van der Waals surface area contributed by atoms with Gasteiger partial charge in [-0.1, -0.05) is 23.7 Å². The molecule has 18 heavy (non-hydrogen) atoms. The molecule has 0 saturated carbocycles. The van der Waals surface area contributed by atoms with Crippen molar-refractivity contribution in [3.05, 3.63) is 40.7 Å². The molecular weight excluding hydrogens is 248 g/mol. The van der Waals surface area contributed by atoms with Crippen LogP contribution in [0.5, 0.6) is 0 Å². The van der Waals surface area contributed by atoms with Gasteiger partial charge in [-0.15, -0.1) is 0 Å². The molecule has 2 rings (SSSR count). The maximum Gasteiger partial charge on any atom is 0.138 e. The Morgan fingerprint density at radius 2 is 1.83 bits per heavy atom. The first-order valence-electron chi connectivity index (χ1n) is 5.65. The van der Waals surface area contributed by atoms with Crippen molar-refractivity contribution in [1.29, 1.82) is 0 Å². The summed E-state index contributed by atoms with van der Waals surface area (Å²) >= 11 is 6.18. The number of para-hydroxylation sites is 1. The number of benzene rings is 1. The number of hydrogen-bond acceptors (Lipinski definition) is 4. The highest BCUT2D eigenvalue weighted by Gasteiger charge is 2.09. The van der Waals surface area contributed by atoms with Crippen LogP contribution >= 0.6 is 11.6 Å². The molecule has 0 aliphatic rings. The normalized spacial score (nSPS) is 10.2. The quantitative estimate of drug-likeness (QED) is 0.888. The molecule has 1 aromatic heterocycles. The topological polar surface area (TPSA) is 49.8 Å². The van der Waals surface area contributed by atoms with E-state index in [1.54, 1.807) is 0 Å². The summed E-state index contributed by atoms with van der Waals surface area (Å²) in [6.07, 6.45) is 1.52. The Bertz CT molecular complexity index is 549. The summed E-state index contributed by atoms with van der Waals surface area (Å²) in [5.41, 5.74) is 2.91. The second kappa shape index (κ2) is 5.23. The first-order chi connectivity index (χ1) is 8.63. The van der Waals surface area contributed by atoms with Crippen LogP contribution in [0.25, 0.3) is 0 Å². The van der Waals surface area contributed by atoms with Gasteiger partial charge in [0.15, 0.2) is 0 Å². The van der Waals surface area contributed by atoms with Crippen LogP contribution in [0.3, 0.4) is 0 Å². The monoisotopic (exact) mass is 262 g/mol. The van der Waals surface area contributed by atoms with E-state index in [2.05, 4.69) is 20.6 Å². The summed E-state index contributed by atoms with van der Waals surface area (Å²) in [7, 11) is 1.83. The van der Waals surface area contributed by atoms with Crippen LogP contribution < -0.4 is 10.6 Å². The van der Waals surface area contributed by atoms with Crippen LogP contribution in [-0.4, -0.2) is 17.0 Å². The van der Waals surface area contributed by atoms with Crippen molar-refractivity contribution < 1.29 is 0 Å². The molecule has 1 heterocycles. The molecule has 0 spiro atoms. The molecule has 0 unspecified atom stereocenters. The van der Waals surface area contributed by atoms with Crippen LogP contribution in [0.15, 0.2) is 24.5 Å². The van der Waals surface area contributed by atoms with E-state index >= 15 is 0 Å². The van der Waals surface area contributed by atoms with E-state index in [0.717, 1.165) is 28.5 Å². The van der Waals surface area contributed by atoms with Gasteiger partial charge in [0.05, 0.1) is 10.7 Å². The largest absolute Gasteiger partial charge is 0.373 e. The molecule has 2 aromatic rings. The van der Waals surface area contributed by atoms with Crippen molar-refractivity contribution >= 4 is 28.9 Å². The minimum atomic E-state index is 0.680. The molecule has 0 saturated heterocycles. The SMILES string of the molecule is CNc1ncnc(Nc2c(C)cccc2Cl)c1C. The zero-order valence-corrected chi connectivity index (χ0v) is 11.3. The average molecular weight is 263 g/mol. The number of hydrogen-bond donors (Lipinski definition) is 2. The Kier molecular flexibility index (Phi) is 3.67. The lowest BCUT2D eigenvalue weighted by Crippen LogP contribution is -2.03. The van der Waals surface area contributed by atoms with Gasteiger partial charge in [0, 0.05) is 12.6 Å². The number of nitrogens with zero attached hydrogens (tertiary/aromatic N) is 2. The Balaban J connectivity index is 2.40. The third kappa shape index (κ3) is 2.38. The third-order valence-electron chi connectivity index (χ3n) is 2.79. The smallest absolute Gasteiger partial charge is 0.138 e. The van der Waals surface area contributed by atoms with E-state index < -0.39 is 0 Å². The predicted molar refractivity (Wildman–Crippen MR) is 75.8 cm³/mol. The van der Waals surface area contributed by atoms with Crippen LogP contribution in [0.2, 0.25) is 5.02 Å². The van der Waals surface area contributed by atoms with Crippen LogP contribution in [0, 0.1) is 13.8 Å². The van der Waals surface area contributed by atoms with E-state index in [1.807, 2.05) is 39.1 Å². The molecule has 0 atom stereocenters. The van der Waals surface area contributed by atoms with Gasteiger partial charge in [-0.05, 0) is 25.5 Å². The first kappa shape index (κ1) is 12.6. The van der Waals surface area contributed by atoms with E-state index in [0.29, 0.717) is 5.02 Å². The molecule has 0 aliphatic heterocycles. The summed E-state index contributed by atoms with van der Waals surface area (Å²) < 4.78 is 0. The molecule has 5 heteroatoms. The second-order valence-electron chi connectivity index (χ2n) is 4.00. The number of aryl methyl sites for hydroxylation is 1. The molecule has 94 valence electrons. The minimum Gasteiger partial charge on any atom is -0.373 e. The Morgan fingerprint density at radius 3 is 2.50 bits per heavy atom. The molecule has 0 amide bonds. The number of anilines is 3. The summed E-state index contributed by atoms with van der Waals surface area (Å²) in [4.78, 5) is 8.39. The fourth-order valence-electron chi connectivity index (χ4n) is 1.74. The fraction of sp³-hybridized carbons (Fsp3) is 0.231.